The zero-order valence-corrected chi connectivity index (χ0v) is 61.4. The molecule has 1 rings (SSSR count). The molecule has 26 heteroatoms. The lowest BCUT2D eigenvalue weighted by Gasteiger charge is -2.41. The SMILES string of the molecule is C/C=C/C[C@@H](C)[C@@H](O)[C@H]1C(=O)N[C@@H](CC)C(=O)N(C)C(SCCN(C)C)C(=O)N(C)[C@@H](CC(C)(C)O)C(=O)N[C@@H](C(C)C)C(=O)N(C)[C@@H](CC(C)C)C(=O)N[C@@H](C)C(=O)N[C@H](C)C(=O)N(C)[C@@H](CC(C)C)C(=O)N(C)[C@@H](CC(C)C)C(=O)N(C)[C@@H](C(C)C)C(=O)N1C. The number of amides is 11. The van der Waals surface area contributed by atoms with Crippen LogP contribution in [-0.2, 0) is 52.7 Å². The van der Waals surface area contributed by atoms with E-state index in [2.05, 4.69) is 21.3 Å². The van der Waals surface area contributed by atoms with E-state index in [4.69, 9.17) is 0 Å². The summed E-state index contributed by atoms with van der Waals surface area (Å²) < 4.78 is 0. The van der Waals surface area contributed by atoms with Crippen molar-refractivity contribution in [2.75, 3.05) is 75.7 Å². The van der Waals surface area contributed by atoms with E-state index in [1.54, 1.807) is 60.6 Å². The third-order valence-corrected chi connectivity index (χ3v) is 18.3. The predicted octanol–water partition coefficient (Wildman–Crippen LogP) is 3.00. The van der Waals surface area contributed by atoms with E-state index in [-0.39, 0.29) is 56.3 Å². The molecule has 0 aromatic rings. The molecule has 1 fully saturated rings. The summed E-state index contributed by atoms with van der Waals surface area (Å²) in [7, 11) is 13.5. The van der Waals surface area contributed by atoms with E-state index < -0.39 is 160 Å². The molecule has 528 valence electrons. The molecule has 1 saturated heterocycles. The van der Waals surface area contributed by atoms with E-state index >= 15 is 28.8 Å². The van der Waals surface area contributed by atoms with Crippen molar-refractivity contribution in [2.45, 2.75) is 234 Å². The number of likely N-dealkylation sites (N-methyl/N-ethyl adjacent to an activating group) is 7. The topological polar surface area (TPSA) is 302 Å². The Morgan fingerprint density at radius 2 is 0.967 bits per heavy atom. The van der Waals surface area contributed by atoms with Crippen LogP contribution in [0.25, 0.3) is 0 Å². The van der Waals surface area contributed by atoms with Crippen molar-refractivity contribution in [2.24, 2.45) is 35.5 Å². The second-order valence-electron chi connectivity index (χ2n) is 28.2. The van der Waals surface area contributed by atoms with E-state index in [1.807, 2.05) is 60.5 Å². The molecule has 0 aromatic heterocycles. The Morgan fingerprint density at radius 3 is 1.42 bits per heavy atom. The van der Waals surface area contributed by atoms with Crippen LogP contribution >= 0.6 is 11.8 Å². The lowest BCUT2D eigenvalue weighted by Crippen LogP contribution is -2.64. The van der Waals surface area contributed by atoms with Gasteiger partial charge in [0.2, 0.25) is 59.1 Å². The molecule has 13 atom stereocenters. The van der Waals surface area contributed by atoms with Crippen LogP contribution in [0, 0.1) is 35.5 Å². The molecule has 92 heavy (non-hydrogen) atoms. The average molecular weight is 1320 g/mol. The molecule has 1 heterocycles. The van der Waals surface area contributed by atoms with Gasteiger partial charge in [-0.3, -0.25) is 52.7 Å². The molecular weight excluding hydrogens is 1200 g/mol. The fourth-order valence-corrected chi connectivity index (χ4v) is 12.6. The Bertz CT molecular complexity index is 2520. The predicted molar refractivity (Wildman–Crippen MR) is 360 cm³/mol. The second kappa shape index (κ2) is 37.9. The first-order chi connectivity index (χ1) is 42.3. The number of hydrogen-bond acceptors (Lipinski definition) is 15. The van der Waals surface area contributed by atoms with Crippen LogP contribution in [-0.4, -0.2) is 268 Å². The lowest BCUT2D eigenvalue weighted by molar-refractivity contribution is -0.157. The first-order valence-electron chi connectivity index (χ1n) is 32.7. The van der Waals surface area contributed by atoms with E-state index in [0.717, 1.165) is 26.5 Å². The van der Waals surface area contributed by atoms with Gasteiger partial charge in [0, 0.05) is 68.1 Å². The number of carbonyl (C=O) groups excluding carboxylic acids is 11. The van der Waals surface area contributed by atoms with E-state index in [1.165, 1.54) is 96.6 Å². The number of carbonyl (C=O) groups is 11. The molecule has 1 unspecified atom stereocenters. The first-order valence-corrected chi connectivity index (χ1v) is 33.7. The highest BCUT2D eigenvalue weighted by Crippen LogP contribution is 2.28. The summed E-state index contributed by atoms with van der Waals surface area (Å²) >= 11 is 1.09. The Labute approximate surface area is 555 Å². The zero-order valence-electron chi connectivity index (χ0n) is 60.6. The van der Waals surface area contributed by atoms with Crippen molar-refractivity contribution in [1.82, 2.24) is 60.5 Å². The fourth-order valence-electron chi connectivity index (χ4n) is 11.2. The van der Waals surface area contributed by atoms with Gasteiger partial charge in [-0.2, -0.15) is 0 Å². The Morgan fingerprint density at radius 1 is 0.522 bits per heavy atom. The molecule has 6 N–H and O–H groups in total. The highest BCUT2D eigenvalue weighted by atomic mass is 32.2. The van der Waals surface area contributed by atoms with Crippen molar-refractivity contribution in [1.29, 1.82) is 0 Å². The summed E-state index contributed by atoms with van der Waals surface area (Å²) in [4.78, 5) is 174. The van der Waals surface area contributed by atoms with Gasteiger partial charge in [0.1, 0.15) is 60.4 Å². The van der Waals surface area contributed by atoms with Gasteiger partial charge in [0.05, 0.1) is 11.7 Å². The Hall–Kier alpha value is -5.86. The molecule has 1 aliphatic rings. The van der Waals surface area contributed by atoms with Crippen molar-refractivity contribution >= 4 is 76.7 Å². The van der Waals surface area contributed by atoms with Gasteiger partial charge >= 0.3 is 0 Å². The second-order valence-corrected chi connectivity index (χ2v) is 29.4. The van der Waals surface area contributed by atoms with Gasteiger partial charge in [-0.05, 0) is 116 Å². The number of rotatable bonds is 19. The van der Waals surface area contributed by atoms with Crippen LogP contribution in [0.2, 0.25) is 0 Å². The van der Waals surface area contributed by atoms with Crippen LogP contribution in [0.4, 0.5) is 0 Å². The molecule has 0 saturated carbocycles. The van der Waals surface area contributed by atoms with Crippen LogP contribution in [0.1, 0.15) is 156 Å². The number of nitrogens with zero attached hydrogens (tertiary/aromatic N) is 8. The van der Waals surface area contributed by atoms with Gasteiger partial charge < -0.3 is 70.7 Å². The highest BCUT2D eigenvalue weighted by Gasteiger charge is 2.47. The average Bonchev–Trinajstić information content (AvgIpc) is 0.830. The van der Waals surface area contributed by atoms with E-state index in [9.17, 15) is 34.2 Å². The number of aliphatic hydroxyl groups is 2. The molecule has 11 amide bonds. The van der Waals surface area contributed by atoms with Crippen molar-refractivity contribution in [3.05, 3.63) is 12.2 Å². The van der Waals surface area contributed by atoms with Crippen molar-refractivity contribution in [3.63, 3.8) is 0 Å². The summed E-state index contributed by atoms with van der Waals surface area (Å²) in [6.45, 7) is 29.3. The molecule has 0 aromatic carbocycles. The third kappa shape index (κ3) is 24.2. The van der Waals surface area contributed by atoms with Crippen LogP contribution in [0.15, 0.2) is 12.2 Å². The molecule has 0 spiro atoms. The van der Waals surface area contributed by atoms with Crippen LogP contribution < -0.4 is 21.3 Å². The van der Waals surface area contributed by atoms with Gasteiger partial charge in [0.15, 0.2) is 5.37 Å². The largest absolute Gasteiger partial charge is 0.390 e. The minimum atomic E-state index is -1.66. The standard InChI is InChI=1S/C66H120N12O13S/c1-27-29-30-42(13)53(79)52-57(83)69-45(28-2)59(85)78(26)65(92-32-31-71(18)19)64(90)75(23)49(36-66(16,17)91)56(82)70-50(40(9)10)62(88)72(20)46(33-37(3)4)55(81)67-43(14)54(80)68-44(15)58(84)73(21)47(34-38(5)6)60(86)74(22)48(35-39(7)8)61(87)76(24)51(41(11)12)63(89)77(52)25/h27,29,37-53,65,79,91H,28,30-36H2,1-26H3,(H,67,81)(H,68,80)(H,69,83)(H,70,82)/b29-27+/t42-,43+,44-,45+,46+,47+,48+,49+,50+,51+,52+,53-,65?/m1/s1. The molecular formula is C66H120N12O13S. The Kier molecular flexibility index (Phi) is 34.7. The number of allylic oxidation sites excluding steroid dienone is 2. The molecule has 25 nitrogen and oxygen atoms in total. The van der Waals surface area contributed by atoms with E-state index in [0.29, 0.717) is 12.3 Å². The number of aliphatic hydroxyl groups excluding tert-OH is 1. The normalized spacial score (nSPS) is 26.8. The first kappa shape index (κ1) is 84.2. The maximum absolute atomic E-state index is 15.3. The molecule has 0 radical (unpaired) electrons. The molecule has 0 aliphatic carbocycles. The molecule has 1 aliphatic heterocycles. The minimum Gasteiger partial charge on any atom is -0.390 e. The highest BCUT2D eigenvalue weighted by molar-refractivity contribution is 8.00. The van der Waals surface area contributed by atoms with Gasteiger partial charge in [-0.25, -0.2) is 0 Å². The summed E-state index contributed by atoms with van der Waals surface area (Å²) in [5, 5.41) is 33.2. The van der Waals surface area contributed by atoms with Crippen LogP contribution in [0.5, 0.6) is 0 Å². The summed E-state index contributed by atoms with van der Waals surface area (Å²) in [5.74, 6) is -10.1. The van der Waals surface area contributed by atoms with Gasteiger partial charge in [0.25, 0.3) is 5.91 Å². The Balaban J connectivity index is 4.55. The third-order valence-electron chi connectivity index (χ3n) is 17.0. The van der Waals surface area contributed by atoms with Crippen molar-refractivity contribution in [3.8, 4) is 0 Å². The van der Waals surface area contributed by atoms with Crippen molar-refractivity contribution < 1.29 is 63.0 Å². The van der Waals surface area contributed by atoms with Crippen LogP contribution in [0.3, 0.4) is 0 Å². The minimum absolute atomic E-state index is 0.0323. The molecule has 0 bridgehead atoms. The number of nitrogens with one attached hydrogen (secondary N) is 4. The smallest absolute Gasteiger partial charge is 0.256 e. The quantitative estimate of drug-likeness (QED) is 0.101. The van der Waals surface area contributed by atoms with Gasteiger partial charge in [-0.1, -0.05) is 95.2 Å². The summed E-state index contributed by atoms with van der Waals surface area (Å²) in [6.07, 6.45) is 2.34. The summed E-state index contributed by atoms with van der Waals surface area (Å²) in [6, 6.07) is -13.1. The zero-order chi connectivity index (χ0) is 71.5. The fraction of sp³-hybridized carbons (Fsp3) is 0.803. The van der Waals surface area contributed by atoms with Gasteiger partial charge in [-0.15, -0.1) is 11.8 Å². The number of hydrogen-bond donors (Lipinski definition) is 6. The maximum atomic E-state index is 15.3. The number of thioether (sulfide) groups is 1. The lowest BCUT2D eigenvalue weighted by atomic mass is 9.91. The monoisotopic (exact) mass is 1320 g/mol. The maximum Gasteiger partial charge on any atom is 0.256 e. The summed E-state index contributed by atoms with van der Waals surface area (Å²) in [5.41, 5.74) is -1.58.